The first-order valence-electron chi connectivity index (χ1n) is 3.71. The molecule has 2 nitrogen and oxygen atoms in total. The summed E-state index contributed by atoms with van der Waals surface area (Å²) in [6, 6.07) is 5.80. The van der Waals surface area contributed by atoms with Crippen LogP contribution in [0.4, 0.5) is 4.39 Å². The van der Waals surface area contributed by atoms with Crippen LogP contribution in [0.1, 0.15) is 11.6 Å². The van der Waals surface area contributed by atoms with Crippen LogP contribution in [0.2, 0.25) is 5.02 Å². The number of nitriles is 1. The van der Waals surface area contributed by atoms with Crippen molar-refractivity contribution in [2.45, 2.75) is 6.04 Å². The van der Waals surface area contributed by atoms with Crippen LogP contribution < -0.4 is 5.32 Å². The van der Waals surface area contributed by atoms with Crippen molar-refractivity contribution in [2.75, 3.05) is 7.05 Å². The van der Waals surface area contributed by atoms with Gasteiger partial charge in [-0.3, -0.25) is 0 Å². The zero-order valence-electron chi connectivity index (χ0n) is 7.01. The van der Waals surface area contributed by atoms with E-state index in [0.29, 0.717) is 5.56 Å². The van der Waals surface area contributed by atoms with Gasteiger partial charge in [0.05, 0.1) is 11.1 Å². The predicted octanol–water partition coefficient (Wildman–Crippen LogP) is 2.26. The molecule has 0 aliphatic heterocycles. The smallest absolute Gasteiger partial charge is 0.141 e. The van der Waals surface area contributed by atoms with Gasteiger partial charge >= 0.3 is 0 Å². The molecule has 68 valence electrons. The molecule has 0 aromatic heterocycles. The van der Waals surface area contributed by atoms with Gasteiger partial charge in [-0.2, -0.15) is 5.26 Å². The van der Waals surface area contributed by atoms with Crippen LogP contribution in [0.5, 0.6) is 0 Å². The van der Waals surface area contributed by atoms with Gasteiger partial charge in [-0.15, -0.1) is 0 Å². The maximum absolute atomic E-state index is 12.7. The minimum absolute atomic E-state index is 0.0352. The third kappa shape index (κ3) is 2.18. The molecule has 0 saturated heterocycles. The van der Waals surface area contributed by atoms with E-state index in [1.54, 1.807) is 7.05 Å². The Kier molecular flexibility index (Phi) is 3.24. The summed E-state index contributed by atoms with van der Waals surface area (Å²) in [4.78, 5) is 0. The van der Waals surface area contributed by atoms with Crippen molar-refractivity contribution in [3.63, 3.8) is 0 Å². The van der Waals surface area contributed by atoms with Gasteiger partial charge in [0.1, 0.15) is 11.9 Å². The number of benzene rings is 1. The minimum Gasteiger partial charge on any atom is -0.301 e. The molecule has 1 rings (SSSR count). The summed E-state index contributed by atoms with van der Waals surface area (Å²) in [6.45, 7) is 0. The highest BCUT2D eigenvalue weighted by atomic mass is 35.5. The fourth-order valence-corrected chi connectivity index (χ4v) is 1.19. The van der Waals surface area contributed by atoms with Crippen LogP contribution in [0.3, 0.4) is 0 Å². The molecule has 0 saturated carbocycles. The second-order valence-electron chi connectivity index (χ2n) is 2.52. The van der Waals surface area contributed by atoms with E-state index in [9.17, 15) is 4.39 Å². The highest BCUT2D eigenvalue weighted by Crippen LogP contribution is 2.20. The van der Waals surface area contributed by atoms with Gasteiger partial charge in [0.25, 0.3) is 0 Å². The molecule has 1 aromatic carbocycles. The van der Waals surface area contributed by atoms with Crippen molar-refractivity contribution in [1.29, 1.82) is 5.26 Å². The maximum Gasteiger partial charge on any atom is 0.141 e. The Bertz CT molecular complexity index is 346. The summed E-state index contributed by atoms with van der Waals surface area (Å²) >= 11 is 5.56. The van der Waals surface area contributed by atoms with Crippen molar-refractivity contribution in [1.82, 2.24) is 5.32 Å². The fourth-order valence-electron chi connectivity index (χ4n) is 0.998. The SMILES string of the molecule is CNC(C#N)c1ccc(F)c(Cl)c1. The van der Waals surface area contributed by atoms with E-state index in [-0.39, 0.29) is 5.02 Å². The van der Waals surface area contributed by atoms with Gasteiger partial charge < -0.3 is 5.32 Å². The molecule has 0 radical (unpaired) electrons. The zero-order valence-corrected chi connectivity index (χ0v) is 7.77. The van der Waals surface area contributed by atoms with Crippen molar-refractivity contribution in [3.8, 4) is 6.07 Å². The highest BCUT2D eigenvalue weighted by Gasteiger charge is 2.09. The standard InChI is InChI=1S/C9H8ClFN2/c1-13-9(5-12)6-2-3-8(11)7(10)4-6/h2-4,9,13H,1H3. The van der Waals surface area contributed by atoms with Gasteiger partial charge in [-0.25, -0.2) is 4.39 Å². The topological polar surface area (TPSA) is 35.8 Å². The fraction of sp³-hybridized carbons (Fsp3) is 0.222. The molecule has 1 atom stereocenters. The Morgan fingerprint density at radius 2 is 2.31 bits per heavy atom. The first-order chi connectivity index (χ1) is 6.19. The molecule has 0 amide bonds. The van der Waals surface area contributed by atoms with Crippen molar-refractivity contribution >= 4 is 11.6 Å². The first-order valence-corrected chi connectivity index (χ1v) is 4.08. The van der Waals surface area contributed by atoms with Crippen LogP contribution in [-0.4, -0.2) is 7.05 Å². The van der Waals surface area contributed by atoms with E-state index in [2.05, 4.69) is 5.32 Å². The predicted molar refractivity (Wildman–Crippen MR) is 48.8 cm³/mol. The average Bonchev–Trinajstić information content (AvgIpc) is 2.13. The van der Waals surface area contributed by atoms with E-state index in [0.717, 1.165) is 0 Å². The van der Waals surface area contributed by atoms with Crippen molar-refractivity contribution < 1.29 is 4.39 Å². The molecule has 0 bridgehead atoms. The molecule has 0 fully saturated rings. The number of hydrogen-bond acceptors (Lipinski definition) is 2. The maximum atomic E-state index is 12.7. The van der Waals surface area contributed by atoms with Crippen LogP contribution in [-0.2, 0) is 0 Å². The summed E-state index contributed by atoms with van der Waals surface area (Å²) in [5.41, 5.74) is 0.663. The second-order valence-corrected chi connectivity index (χ2v) is 2.93. The van der Waals surface area contributed by atoms with Gasteiger partial charge in [-0.05, 0) is 24.7 Å². The molecule has 1 N–H and O–H groups in total. The molecular formula is C9H8ClFN2. The number of nitrogens with one attached hydrogen (secondary N) is 1. The lowest BCUT2D eigenvalue weighted by Gasteiger charge is -2.07. The Balaban J connectivity index is 3.04. The lowest BCUT2D eigenvalue weighted by molar-refractivity contribution is 0.625. The molecule has 1 aromatic rings. The number of hydrogen-bond donors (Lipinski definition) is 1. The Morgan fingerprint density at radius 1 is 1.62 bits per heavy atom. The molecule has 0 aliphatic rings. The molecule has 13 heavy (non-hydrogen) atoms. The molecule has 0 heterocycles. The molecule has 4 heteroatoms. The van der Waals surface area contributed by atoms with Crippen molar-refractivity contribution in [2.24, 2.45) is 0 Å². The van der Waals surface area contributed by atoms with E-state index >= 15 is 0 Å². The first kappa shape index (κ1) is 9.97. The second kappa shape index (κ2) is 4.22. The third-order valence-electron chi connectivity index (χ3n) is 1.69. The van der Waals surface area contributed by atoms with Gasteiger partial charge in [-0.1, -0.05) is 17.7 Å². The largest absolute Gasteiger partial charge is 0.301 e. The lowest BCUT2D eigenvalue weighted by Crippen LogP contribution is -2.13. The monoisotopic (exact) mass is 198 g/mol. The van der Waals surface area contributed by atoms with Gasteiger partial charge in [0.2, 0.25) is 0 Å². The minimum atomic E-state index is -0.474. The van der Waals surface area contributed by atoms with Crippen LogP contribution in [0.25, 0.3) is 0 Å². The zero-order chi connectivity index (χ0) is 9.84. The van der Waals surface area contributed by atoms with Crippen LogP contribution in [0, 0.1) is 17.1 Å². The summed E-state index contributed by atoms with van der Waals surface area (Å²) in [7, 11) is 1.66. The Morgan fingerprint density at radius 3 is 2.77 bits per heavy atom. The van der Waals surface area contributed by atoms with E-state index < -0.39 is 11.9 Å². The quantitative estimate of drug-likeness (QED) is 0.792. The summed E-state index contributed by atoms with van der Waals surface area (Å²) in [6.07, 6.45) is 0. The summed E-state index contributed by atoms with van der Waals surface area (Å²) < 4.78 is 12.7. The highest BCUT2D eigenvalue weighted by molar-refractivity contribution is 6.30. The molecule has 0 spiro atoms. The average molecular weight is 199 g/mol. The van der Waals surface area contributed by atoms with Crippen molar-refractivity contribution in [3.05, 3.63) is 34.6 Å². The molecule has 0 aliphatic carbocycles. The Hall–Kier alpha value is -1.11. The van der Waals surface area contributed by atoms with Crippen LogP contribution >= 0.6 is 11.6 Å². The van der Waals surface area contributed by atoms with Gasteiger partial charge in [0, 0.05) is 0 Å². The summed E-state index contributed by atoms with van der Waals surface area (Å²) in [5.74, 6) is -0.474. The summed E-state index contributed by atoms with van der Waals surface area (Å²) in [5, 5.41) is 11.5. The number of halogens is 2. The lowest BCUT2D eigenvalue weighted by atomic mass is 10.1. The molecule has 1 unspecified atom stereocenters. The Labute approximate surface area is 80.9 Å². The van der Waals surface area contributed by atoms with E-state index in [4.69, 9.17) is 16.9 Å². The van der Waals surface area contributed by atoms with E-state index in [1.165, 1.54) is 18.2 Å². The van der Waals surface area contributed by atoms with E-state index in [1.807, 2.05) is 6.07 Å². The normalized spacial score (nSPS) is 12.2. The number of nitrogens with zero attached hydrogens (tertiary/aromatic N) is 1. The number of rotatable bonds is 2. The molecular weight excluding hydrogens is 191 g/mol. The third-order valence-corrected chi connectivity index (χ3v) is 1.98. The van der Waals surface area contributed by atoms with Crippen LogP contribution in [0.15, 0.2) is 18.2 Å². The van der Waals surface area contributed by atoms with Gasteiger partial charge in [0.15, 0.2) is 0 Å².